The summed E-state index contributed by atoms with van der Waals surface area (Å²) in [5.74, 6) is -0.755. The maximum Gasteiger partial charge on any atom is 0.303 e. The maximum absolute atomic E-state index is 10.5. The summed E-state index contributed by atoms with van der Waals surface area (Å²) in [4.78, 5) is 10.5. The zero-order valence-electron chi connectivity index (χ0n) is 12.9. The number of ether oxygens (including phenoxy) is 2. The summed E-state index contributed by atoms with van der Waals surface area (Å²) in [5.41, 5.74) is -0.00862. The van der Waals surface area contributed by atoms with Crippen LogP contribution in [0.1, 0.15) is 33.1 Å². The van der Waals surface area contributed by atoms with Gasteiger partial charge in [0.05, 0.1) is 25.9 Å². The zero-order chi connectivity index (χ0) is 15.4. The van der Waals surface area contributed by atoms with Crippen molar-refractivity contribution in [2.75, 3.05) is 40.0 Å². The van der Waals surface area contributed by atoms with Gasteiger partial charge in [-0.05, 0) is 24.8 Å². The first kappa shape index (κ1) is 19.3. The van der Waals surface area contributed by atoms with Gasteiger partial charge in [-0.2, -0.15) is 0 Å². The van der Waals surface area contributed by atoms with E-state index in [1.807, 2.05) is 0 Å². The second kappa shape index (κ2) is 11.0. The molecule has 20 heavy (non-hydrogen) atoms. The van der Waals surface area contributed by atoms with Crippen LogP contribution < -0.4 is 5.32 Å². The minimum Gasteiger partial charge on any atom is -0.481 e. The van der Waals surface area contributed by atoms with Crippen LogP contribution in [0.2, 0.25) is 0 Å². The topological polar surface area (TPSA) is 88.0 Å². The lowest BCUT2D eigenvalue weighted by molar-refractivity contribution is -0.137. The van der Waals surface area contributed by atoms with E-state index in [1.165, 1.54) is 0 Å². The molecule has 0 saturated carbocycles. The molecule has 1 unspecified atom stereocenters. The second-order valence-corrected chi connectivity index (χ2v) is 5.73. The molecule has 0 amide bonds. The van der Waals surface area contributed by atoms with Gasteiger partial charge in [0.25, 0.3) is 0 Å². The molecule has 0 aromatic heterocycles. The number of nitrogens with one attached hydrogen (secondary N) is 1. The molecule has 0 aromatic rings. The highest BCUT2D eigenvalue weighted by molar-refractivity contribution is 5.66. The summed E-state index contributed by atoms with van der Waals surface area (Å²) in [6.07, 6.45) is 1.20. The van der Waals surface area contributed by atoms with Gasteiger partial charge < -0.3 is 25.0 Å². The first-order chi connectivity index (χ1) is 9.37. The summed E-state index contributed by atoms with van der Waals surface area (Å²) in [6.45, 7) is 6.64. The monoisotopic (exact) mass is 291 g/mol. The number of carboxylic acid groups (broad SMARTS) is 1. The molecule has 0 aromatic carbocycles. The second-order valence-electron chi connectivity index (χ2n) is 5.73. The van der Waals surface area contributed by atoms with Crippen molar-refractivity contribution < 1.29 is 24.5 Å². The van der Waals surface area contributed by atoms with E-state index in [1.54, 1.807) is 7.11 Å². The SMILES string of the molecule is COCCOCC(O)CNCCC(C)(C)CCC(=O)O. The van der Waals surface area contributed by atoms with Gasteiger partial charge in [-0.25, -0.2) is 0 Å². The van der Waals surface area contributed by atoms with Crippen molar-refractivity contribution in [3.05, 3.63) is 0 Å². The molecule has 6 nitrogen and oxygen atoms in total. The predicted octanol–water partition coefficient (Wildman–Crippen LogP) is 0.881. The first-order valence-corrected chi connectivity index (χ1v) is 7.04. The lowest BCUT2D eigenvalue weighted by Crippen LogP contribution is -2.33. The molecule has 0 aliphatic carbocycles. The van der Waals surface area contributed by atoms with Crippen LogP contribution in [0.15, 0.2) is 0 Å². The average Bonchev–Trinajstić information content (AvgIpc) is 2.38. The number of aliphatic hydroxyl groups is 1. The molecule has 0 aliphatic rings. The Morgan fingerprint density at radius 1 is 1.30 bits per heavy atom. The van der Waals surface area contributed by atoms with Crippen LogP contribution in [0.4, 0.5) is 0 Å². The zero-order valence-corrected chi connectivity index (χ0v) is 12.9. The maximum atomic E-state index is 10.5. The summed E-state index contributed by atoms with van der Waals surface area (Å²) in [6, 6.07) is 0. The Morgan fingerprint density at radius 3 is 2.60 bits per heavy atom. The molecule has 0 saturated heterocycles. The number of aliphatic hydroxyl groups excluding tert-OH is 1. The first-order valence-electron chi connectivity index (χ1n) is 7.04. The van der Waals surface area contributed by atoms with Gasteiger partial charge >= 0.3 is 5.97 Å². The third-order valence-electron chi connectivity index (χ3n) is 3.12. The third kappa shape index (κ3) is 12.3. The van der Waals surface area contributed by atoms with Crippen molar-refractivity contribution in [1.29, 1.82) is 0 Å². The van der Waals surface area contributed by atoms with Gasteiger partial charge in [-0.3, -0.25) is 4.79 Å². The van der Waals surface area contributed by atoms with E-state index in [0.717, 1.165) is 13.0 Å². The highest BCUT2D eigenvalue weighted by Crippen LogP contribution is 2.25. The van der Waals surface area contributed by atoms with E-state index in [4.69, 9.17) is 14.6 Å². The Balaban J connectivity index is 3.56. The summed E-state index contributed by atoms with van der Waals surface area (Å²) in [5, 5.41) is 21.5. The fourth-order valence-electron chi connectivity index (χ4n) is 1.69. The van der Waals surface area contributed by atoms with E-state index in [2.05, 4.69) is 19.2 Å². The standard InChI is InChI=1S/C14H29NO5/c1-14(2,5-4-13(17)18)6-7-15-10-12(16)11-20-9-8-19-3/h12,15-16H,4-11H2,1-3H3,(H,17,18). The molecule has 1 atom stereocenters. The fourth-order valence-corrected chi connectivity index (χ4v) is 1.69. The smallest absolute Gasteiger partial charge is 0.303 e. The summed E-state index contributed by atoms with van der Waals surface area (Å²) < 4.78 is 10.1. The largest absolute Gasteiger partial charge is 0.481 e. The van der Waals surface area contributed by atoms with Crippen molar-refractivity contribution in [2.24, 2.45) is 5.41 Å². The summed E-state index contributed by atoms with van der Waals surface area (Å²) in [7, 11) is 1.60. The van der Waals surface area contributed by atoms with Gasteiger partial charge in [0.1, 0.15) is 0 Å². The minimum absolute atomic E-state index is 0.00862. The van der Waals surface area contributed by atoms with E-state index in [9.17, 15) is 9.90 Å². The average molecular weight is 291 g/mol. The molecule has 120 valence electrons. The van der Waals surface area contributed by atoms with Crippen molar-refractivity contribution in [2.45, 2.75) is 39.2 Å². The van der Waals surface area contributed by atoms with Crippen LogP contribution in [0.5, 0.6) is 0 Å². The number of hydrogen-bond donors (Lipinski definition) is 3. The molecule has 0 spiro atoms. The molecule has 0 aliphatic heterocycles. The molecular weight excluding hydrogens is 262 g/mol. The molecule has 0 rings (SSSR count). The van der Waals surface area contributed by atoms with Gasteiger partial charge in [0.2, 0.25) is 0 Å². The van der Waals surface area contributed by atoms with E-state index < -0.39 is 12.1 Å². The van der Waals surface area contributed by atoms with Crippen LogP contribution >= 0.6 is 0 Å². The van der Waals surface area contributed by atoms with Crippen molar-refractivity contribution in [3.63, 3.8) is 0 Å². The predicted molar refractivity (Wildman–Crippen MR) is 76.8 cm³/mol. The molecular formula is C14H29NO5. The highest BCUT2D eigenvalue weighted by Gasteiger charge is 2.18. The number of rotatable bonds is 13. The molecule has 6 heteroatoms. The lowest BCUT2D eigenvalue weighted by atomic mass is 9.84. The molecule has 0 radical (unpaired) electrons. The lowest BCUT2D eigenvalue weighted by Gasteiger charge is -2.24. The van der Waals surface area contributed by atoms with Gasteiger partial charge in [-0.15, -0.1) is 0 Å². The van der Waals surface area contributed by atoms with E-state index in [-0.39, 0.29) is 11.8 Å². The Hall–Kier alpha value is -0.690. The van der Waals surface area contributed by atoms with Crippen LogP contribution in [0.25, 0.3) is 0 Å². The van der Waals surface area contributed by atoms with Crippen LogP contribution in [-0.4, -0.2) is 62.3 Å². The minimum atomic E-state index is -0.755. The number of carboxylic acids is 1. The number of carbonyl (C=O) groups is 1. The molecule has 0 bridgehead atoms. The van der Waals surface area contributed by atoms with Crippen LogP contribution in [0, 0.1) is 5.41 Å². The highest BCUT2D eigenvalue weighted by atomic mass is 16.5. The summed E-state index contributed by atoms with van der Waals surface area (Å²) >= 11 is 0. The third-order valence-corrected chi connectivity index (χ3v) is 3.12. The van der Waals surface area contributed by atoms with Crippen molar-refractivity contribution in [1.82, 2.24) is 5.32 Å². The van der Waals surface area contributed by atoms with Gasteiger partial charge in [0, 0.05) is 20.1 Å². The van der Waals surface area contributed by atoms with Gasteiger partial charge in [0.15, 0.2) is 0 Å². The number of aliphatic carboxylic acids is 1. The van der Waals surface area contributed by atoms with E-state index in [0.29, 0.717) is 32.8 Å². The van der Waals surface area contributed by atoms with Crippen molar-refractivity contribution in [3.8, 4) is 0 Å². The Labute approximate surface area is 121 Å². The van der Waals surface area contributed by atoms with Crippen molar-refractivity contribution >= 4 is 5.97 Å². The van der Waals surface area contributed by atoms with Gasteiger partial charge in [-0.1, -0.05) is 13.8 Å². The molecule has 0 heterocycles. The Bertz CT molecular complexity index is 258. The normalized spacial score (nSPS) is 13.4. The molecule has 0 fully saturated rings. The number of hydrogen-bond acceptors (Lipinski definition) is 5. The quantitative estimate of drug-likeness (QED) is 0.437. The molecule has 3 N–H and O–H groups in total. The van der Waals surface area contributed by atoms with Crippen LogP contribution in [-0.2, 0) is 14.3 Å². The van der Waals surface area contributed by atoms with Crippen LogP contribution in [0.3, 0.4) is 0 Å². The fraction of sp³-hybridized carbons (Fsp3) is 0.929. The Kier molecular flexibility index (Phi) is 10.6. The number of methoxy groups -OCH3 is 1. The Morgan fingerprint density at radius 2 is 2.00 bits per heavy atom. The van der Waals surface area contributed by atoms with E-state index >= 15 is 0 Å².